The molecule has 0 saturated carbocycles. The van der Waals surface area contributed by atoms with E-state index in [2.05, 4.69) is 11.4 Å². The fourth-order valence-corrected chi connectivity index (χ4v) is 2.32. The van der Waals surface area contributed by atoms with Gasteiger partial charge in [-0.05, 0) is 36.8 Å². The molecule has 1 aliphatic rings. The van der Waals surface area contributed by atoms with Crippen LogP contribution in [0.3, 0.4) is 0 Å². The SMILES string of the molecule is COc1ccc(NCc2cccc3c2OCO3)cc1C. The number of nitrogens with one attached hydrogen (secondary N) is 1. The number of hydrogen-bond donors (Lipinski definition) is 1. The molecule has 104 valence electrons. The van der Waals surface area contributed by atoms with Gasteiger partial charge in [-0.3, -0.25) is 0 Å². The third-order valence-corrected chi connectivity index (χ3v) is 3.36. The van der Waals surface area contributed by atoms with Crippen LogP contribution in [0.5, 0.6) is 17.2 Å². The van der Waals surface area contributed by atoms with Crippen molar-refractivity contribution in [2.75, 3.05) is 19.2 Å². The first-order valence-corrected chi connectivity index (χ1v) is 6.54. The number of aryl methyl sites for hydroxylation is 1. The van der Waals surface area contributed by atoms with E-state index in [1.54, 1.807) is 7.11 Å². The molecule has 1 heterocycles. The molecule has 0 radical (unpaired) electrons. The van der Waals surface area contributed by atoms with E-state index in [0.717, 1.165) is 34.1 Å². The summed E-state index contributed by atoms with van der Waals surface area (Å²) in [5, 5.41) is 3.39. The third kappa shape index (κ3) is 2.37. The standard InChI is InChI=1S/C16H17NO3/c1-11-8-13(6-7-14(11)18-2)17-9-12-4-3-5-15-16(12)20-10-19-15/h3-8,17H,9-10H2,1-2H3. The second-order valence-corrected chi connectivity index (χ2v) is 4.69. The minimum absolute atomic E-state index is 0.300. The number of benzene rings is 2. The van der Waals surface area contributed by atoms with Crippen molar-refractivity contribution in [2.24, 2.45) is 0 Å². The smallest absolute Gasteiger partial charge is 0.231 e. The first kappa shape index (κ1) is 12.7. The highest BCUT2D eigenvalue weighted by Gasteiger charge is 2.16. The van der Waals surface area contributed by atoms with E-state index in [4.69, 9.17) is 14.2 Å². The minimum atomic E-state index is 0.300. The summed E-state index contributed by atoms with van der Waals surface area (Å²) in [7, 11) is 1.68. The van der Waals surface area contributed by atoms with Gasteiger partial charge in [-0.15, -0.1) is 0 Å². The largest absolute Gasteiger partial charge is 0.496 e. The molecule has 0 aliphatic carbocycles. The van der Waals surface area contributed by atoms with Crippen LogP contribution < -0.4 is 19.5 Å². The van der Waals surface area contributed by atoms with E-state index in [0.29, 0.717) is 13.3 Å². The van der Waals surface area contributed by atoms with Crippen molar-refractivity contribution in [2.45, 2.75) is 13.5 Å². The summed E-state index contributed by atoms with van der Waals surface area (Å²) >= 11 is 0. The third-order valence-electron chi connectivity index (χ3n) is 3.36. The first-order valence-electron chi connectivity index (χ1n) is 6.54. The zero-order valence-corrected chi connectivity index (χ0v) is 11.6. The van der Waals surface area contributed by atoms with Crippen molar-refractivity contribution in [3.05, 3.63) is 47.5 Å². The van der Waals surface area contributed by atoms with Crippen LogP contribution >= 0.6 is 0 Å². The summed E-state index contributed by atoms with van der Waals surface area (Å²) in [6.45, 7) is 3.02. The predicted molar refractivity (Wildman–Crippen MR) is 77.6 cm³/mol. The van der Waals surface area contributed by atoms with Gasteiger partial charge < -0.3 is 19.5 Å². The van der Waals surface area contributed by atoms with Crippen molar-refractivity contribution in [3.63, 3.8) is 0 Å². The Morgan fingerprint density at radius 1 is 1.20 bits per heavy atom. The van der Waals surface area contributed by atoms with E-state index < -0.39 is 0 Å². The van der Waals surface area contributed by atoms with Crippen molar-refractivity contribution >= 4 is 5.69 Å². The maximum atomic E-state index is 5.50. The van der Waals surface area contributed by atoms with Crippen molar-refractivity contribution in [1.82, 2.24) is 0 Å². The molecule has 2 aromatic carbocycles. The van der Waals surface area contributed by atoms with Crippen molar-refractivity contribution in [1.29, 1.82) is 0 Å². The van der Waals surface area contributed by atoms with Gasteiger partial charge in [-0.1, -0.05) is 12.1 Å². The molecular weight excluding hydrogens is 254 g/mol. The molecule has 2 aromatic rings. The molecule has 3 rings (SSSR count). The van der Waals surface area contributed by atoms with Gasteiger partial charge in [0, 0.05) is 17.8 Å². The van der Waals surface area contributed by atoms with Gasteiger partial charge in [-0.2, -0.15) is 0 Å². The van der Waals surface area contributed by atoms with E-state index >= 15 is 0 Å². The quantitative estimate of drug-likeness (QED) is 0.925. The Morgan fingerprint density at radius 2 is 2.10 bits per heavy atom. The average Bonchev–Trinajstić information content (AvgIpc) is 2.94. The topological polar surface area (TPSA) is 39.7 Å². The Hall–Kier alpha value is -2.36. The molecule has 0 aromatic heterocycles. The lowest BCUT2D eigenvalue weighted by atomic mass is 10.1. The zero-order valence-electron chi connectivity index (χ0n) is 11.6. The Morgan fingerprint density at radius 3 is 2.90 bits per heavy atom. The van der Waals surface area contributed by atoms with E-state index in [1.807, 2.05) is 37.3 Å². The van der Waals surface area contributed by atoms with Crippen molar-refractivity contribution < 1.29 is 14.2 Å². The van der Waals surface area contributed by atoms with Gasteiger partial charge in [0.2, 0.25) is 6.79 Å². The van der Waals surface area contributed by atoms with E-state index in [1.165, 1.54) is 0 Å². The molecule has 0 saturated heterocycles. The summed E-state index contributed by atoms with van der Waals surface area (Å²) in [6.07, 6.45) is 0. The number of rotatable bonds is 4. The Labute approximate surface area is 118 Å². The molecule has 0 unspecified atom stereocenters. The van der Waals surface area contributed by atoms with E-state index in [-0.39, 0.29) is 0 Å². The molecule has 0 spiro atoms. The molecule has 0 fully saturated rings. The second-order valence-electron chi connectivity index (χ2n) is 4.69. The second kappa shape index (κ2) is 5.33. The maximum absolute atomic E-state index is 5.50. The molecule has 0 atom stereocenters. The number of para-hydroxylation sites is 1. The Kier molecular flexibility index (Phi) is 3.37. The number of ether oxygens (including phenoxy) is 3. The van der Waals surface area contributed by atoms with Gasteiger partial charge >= 0.3 is 0 Å². The number of methoxy groups -OCH3 is 1. The lowest BCUT2D eigenvalue weighted by Gasteiger charge is -2.11. The van der Waals surface area contributed by atoms with Crippen LogP contribution in [-0.4, -0.2) is 13.9 Å². The first-order chi connectivity index (χ1) is 9.78. The number of anilines is 1. The molecular formula is C16H17NO3. The summed E-state index contributed by atoms with van der Waals surface area (Å²) in [5.74, 6) is 2.55. The molecule has 4 heteroatoms. The van der Waals surface area contributed by atoms with E-state index in [9.17, 15) is 0 Å². The molecule has 1 N–H and O–H groups in total. The lowest BCUT2D eigenvalue weighted by Crippen LogP contribution is -2.01. The van der Waals surface area contributed by atoms with Gasteiger partial charge in [0.25, 0.3) is 0 Å². The lowest BCUT2D eigenvalue weighted by molar-refractivity contribution is 0.173. The predicted octanol–water partition coefficient (Wildman–Crippen LogP) is 3.34. The minimum Gasteiger partial charge on any atom is -0.496 e. The van der Waals surface area contributed by atoms with Crippen LogP contribution in [0.2, 0.25) is 0 Å². The Balaban J connectivity index is 1.74. The highest BCUT2D eigenvalue weighted by molar-refractivity contribution is 5.53. The van der Waals surface area contributed by atoms with Crippen LogP contribution in [0.25, 0.3) is 0 Å². The highest BCUT2D eigenvalue weighted by Crippen LogP contribution is 2.35. The zero-order chi connectivity index (χ0) is 13.9. The van der Waals surface area contributed by atoms with Crippen LogP contribution in [0.15, 0.2) is 36.4 Å². The van der Waals surface area contributed by atoms with Gasteiger partial charge in [-0.25, -0.2) is 0 Å². The monoisotopic (exact) mass is 271 g/mol. The fourth-order valence-electron chi connectivity index (χ4n) is 2.32. The molecule has 0 bridgehead atoms. The molecule has 0 amide bonds. The number of hydrogen-bond acceptors (Lipinski definition) is 4. The number of fused-ring (bicyclic) bond motifs is 1. The van der Waals surface area contributed by atoms with Crippen LogP contribution in [-0.2, 0) is 6.54 Å². The Bertz CT molecular complexity index is 625. The maximum Gasteiger partial charge on any atom is 0.231 e. The molecule has 1 aliphatic heterocycles. The highest BCUT2D eigenvalue weighted by atomic mass is 16.7. The molecule has 20 heavy (non-hydrogen) atoms. The van der Waals surface area contributed by atoms with Crippen LogP contribution in [0.4, 0.5) is 5.69 Å². The van der Waals surface area contributed by atoms with Crippen molar-refractivity contribution in [3.8, 4) is 17.2 Å². The van der Waals surface area contributed by atoms with Crippen LogP contribution in [0.1, 0.15) is 11.1 Å². The summed E-state index contributed by atoms with van der Waals surface area (Å²) in [4.78, 5) is 0. The molecule has 4 nitrogen and oxygen atoms in total. The van der Waals surface area contributed by atoms with Gasteiger partial charge in [0.15, 0.2) is 11.5 Å². The fraction of sp³-hybridized carbons (Fsp3) is 0.250. The summed E-state index contributed by atoms with van der Waals surface area (Å²) < 4.78 is 16.1. The van der Waals surface area contributed by atoms with Gasteiger partial charge in [0.05, 0.1) is 7.11 Å². The normalized spacial score (nSPS) is 12.3. The van der Waals surface area contributed by atoms with Gasteiger partial charge in [0.1, 0.15) is 5.75 Å². The van der Waals surface area contributed by atoms with Crippen LogP contribution in [0, 0.1) is 6.92 Å². The summed E-state index contributed by atoms with van der Waals surface area (Å²) in [5.41, 5.74) is 3.25. The average molecular weight is 271 g/mol. The summed E-state index contributed by atoms with van der Waals surface area (Å²) in [6, 6.07) is 12.0.